The number of methoxy groups -OCH3 is 1. The molecule has 0 bridgehead atoms. The minimum absolute atomic E-state index is 0.0737. The first-order chi connectivity index (χ1) is 11.5. The third kappa shape index (κ3) is 2.73. The zero-order valence-corrected chi connectivity index (χ0v) is 13.3. The highest BCUT2D eigenvalue weighted by atomic mass is 19.2. The number of nitrogens with zero attached hydrogens (tertiary/aromatic N) is 1. The quantitative estimate of drug-likeness (QED) is 0.863. The van der Waals surface area contributed by atoms with E-state index in [1.54, 1.807) is 31.2 Å². The van der Waals surface area contributed by atoms with Crippen molar-refractivity contribution in [3.8, 4) is 5.75 Å². The Morgan fingerprint density at radius 3 is 2.62 bits per heavy atom. The van der Waals surface area contributed by atoms with E-state index in [2.05, 4.69) is 0 Å². The highest BCUT2D eigenvalue weighted by Crippen LogP contribution is 2.39. The zero-order chi connectivity index (χ0) is 17.3. The van der Waals surface area contributed by atoms with Crippen LogP contribution in [0.5, 0.6) is 5.75 Å². The topological polar surface area (TPSA) is 38.8 Å². The van der Waals surface area contributed by atoms with Crippen LogP contribution < -0.4 is 9.64 Å². The van der Waals surface area contributed by atoms with Crippen molar-refractivity contribution in [2.75, 3.05) is 18.6 Å². The normalized spacial score (nSPS) is 17.8. The fourth-order valence-corrected chi connectivity index (χ4v) is 2.83. The molecule has 0 N–H and O–H groups in total. The lowest BCUT2D eigenvalue weighted by atomic mass is 10.1. The van der Waals surface area contributed by atoms with Gasteiger partial charge in [0.1, 0.15) is 6.61 Å². The fourth-order valence-electron chi connectivity index (χ4n) is 2.83. The summed E-state index contributed by atoms with van der Waals surface area (Å²) < 4.78 is 38.1. The number of amides is 1. The predicted molar refractivity (Wildman–Crippen MR) is 85.0 cm³/mol. The summed E-state index contributed by atoms with van der Waals surface area (Å²) in [7, 11) is 1.44. The number of halogens is 2. The van der Waals surface area contributed by atoms with Gasteiger partial charge in [0, 0.05) is 7.11 Å². The smallest absolute Gasteiger partial charge is 0.261 e. The molecule has 2 atom stereocenters. The van der Waals surface area contributed by atoms with Crippen molar-refractivity contribution in [3.05, 3.63) is 59.7 Å². The maximum atomic E-state index is 14.0. The van der Waals surface area contributed by atoms with E-state index in [1.165, 1.54) is 18.1 Å². The Balaban J connectivity index is 2.02. The third-order valence-corrected chi connectivity index (χ3v) is 4.00. The summed E-state index contributed by atoms with van der Waals surface area (Å²) >= 11 is 0. The summed E-state index contributed by atoms with van der Waals surface area (Å²) in [6.07, 6.45) is -0.840. The van der Waals surface area contributed by atoms with Gasteiger partial charge in [0.05, 0.1) is 11.7 Å². The van der Waals surface area contributed by atoms with Crippen LogP contribution in [-0.4, -0.2) is 25.7 Å². The van der Waals surface area contributed by atoms with Crippen LogP contribution in [0.25, 0.3) is 0 Å². The van der Waals surface area contributed by atoms with E-state index in [-0.39, 0.29) is 30.0 Å². The van der Waals surface area contributed by atoms with Gasteiger partial charge < -0.3 is 14.4 Å². The van der Waals surface area contributed by atoms with Crippen LogP contribution in [0, 0.1) is 11.6 Å². The maximum Gasteiger partial charge on any atom is 0.261 e. The molecule has 24 heavy (non-hydrogen) atoms. The highest BCUT2D eigenvalue weighted by molar-refractivity contribution is 5.99. The van der Waals surface area contributed by atoms with Gasteiger partial charge in [0.25, 0.3) is 5.91 Å². The molecule has 2 unspecified atom stereocenters. The minimum atomic E-state index is -1.09. The van der Waals surface area contributed by atoms with Crippen LogP contribution >= 0.6 is 0 Å². The number of ether oxygens (including phenoxy) is 2. The molecule has 0 aromatic heterocycles. The molecule has 0 spiro atoms. The summed E-state index contributed by atoms with van der Waals surface area (Å²) in [5, 5.41) is 0. The van der Waals surface area contributed by atoms with Crippen molar-refractivity contribution >= 4 is 11.6 Å². The molecule has 0 radical (unpaired) electrons. The number of hydrogen-bond acceptors (Lipinski definition) is 3. The minimum Gasteiger partial charge on any atom is -0.486 e. The molecule has 1 aliphatic heterocycles. The van der Waals surface area contributed by atoms with Crippen molar-refractivity contribution in [2.24, 2.45) is 0 Å². The third-order valence-electron chi connectivity index (χ3n) is 4.00. The lowest BCUT2D eigenvalue weighted by Gasteiger charge is -2.37. The van der Waals surface area contributed by atoms with Gasteiger partial charge >= 0.3 is 0 Å². The second kappa shape index (κ2) is 6.57. The molecule has 126 valence electrons. The molecule has 0 aliphatic carbocycles. The second-order valence-electron chi connectivity index (χ2n) is 5.60. The zero-order valence-electron chi connectivity index (χ0n) is 13.3. The average molecular weight is 333 g/mol. The van der Waals surface area contributed by atoms with Crippen molar-refractivity contribution in [1.29, 1.82) is 0 Å². The Labute approximate surface area is 138 Å². The van der Waals surface area contributed by atoms with E-state index in [0.717, 1.165) is 6.07 Å². The Morgan fingerprint density at radius 1 is 1.25 bits per heavy atom. The number of carbonyl (C=O) groups is 1. The molecular weight excluding hydrogens is 316 g/mol. The molecule has 0 fully saturated rings. The molecule has 2 aromatic carbocycles. The standard InChI is InChI=1S/C18H17F2NO3/c1-11-10-24-17-14(9-8-13(19)15(17)20)21(11)18(22)16(23-2)12-6-4-3-5-7-12/h3-9,11,16H,10H2,1-2H3. The SMILES string of the molecule is COC(C(=O)N1c2ccc(F)c(F)c2OCC1C)c1ccccc1. The van der Waals surface area contributed by atoms with Crippen LogP contribution in [-0.2, 0) is 9.53 Å². The molecule has 3 rings (SSSR count). The number of anilines is 1. The molecule has 2 aromatic rings. The van der Waals surface area contributed by atoms with Gasteiger partial charge in [-0.1, -0.05) is 30.3 Å². The van der Waals surface area contributed by atoms with E-state index < -0.39 is 17.7 Å². The lowest BCUT2D eigenvalue weighted by Crippen LogP contribution is -2.47. The number of benzene rings is 2. The number of carbonyl (C=O) groups excluding carboxylic acids is 1. The first-order valence-electron chi connectivity index (χ1n) is 7.56. The first-order valence-corrected chi connectivity index (χ1v) is 7.56. The van der Waals surface area contributed by atoms with Crippen molar-refractivity contribution in [1.82, 2.24) is 0 Å². The van der Waals surface area contributed by atoms with Gasteiger partial charge in [-0.2, -0.15) is 4.39 Å². The van der Waals surface area contributed by atoms with Crippen LogP contribution in [0.1, 0.15) is 18.6 Å². The highest BCUT2D eigenvalue weighted by Gasteiger charge is 2.36. The summed E-state index contributed by atoms with van der Waals surface area (Å²) in [6.45, 7) is 1.85. The van der Waals surface area contributed by atoms with Crippen LogP contribution in [0.2, 0.25) is 0 Å². The van der Waals surface area contributed by atoms with Gasteiger partial charge in [-0.05, 0) is 24.6 Å². The number of rotatable bonds is 3. The second-order valence-corrected chi connectivity index (χ2v) is 5.60. The molecule has 4 nitrogen and oxygen atoms in total. The molecule has 6 heteroatoms. The van der Waals surface area contributed by atoms with Crippen molar-refractivity contribution in [3.63, 3.8) is 0 Å². The summed E-state index contributed by atoms with van der Waals surface area (Å²) in [5.74, 6) is -2.70. The number of fused-ring (bicyclic) bond motifs is 1. The molecule has 1 aliphatic rings. The van der Waals surface area contributed by atoms with Crippen molar-refractivity contribution < 1.29 is 23.0 Å². The molecular formula is C18H17F2NO3. The molecule has 1 amide bonds. The fraction of sp³-hybridized carbons (Fsp3) is 0.278. The van der Waals surface area contributed by atoms with Gasteiger partial charge in [-0.3, -0.25) is 4.79 Å². The van der Waals surface area contributed by atoms with Gasteiger partial charge in [0.2, 0.25) is 5.82 Å². The van der Waals surface area contributed by atoms with E-state index in [4.69, 9.17) is 9.47 Å². The summed E-state index contributed by atoms with van der Waals surface area (Å²) in [6, 6.07) is 11.0. The van der Waals surface area contributed by atoms with Crippen molar-refractivity contribution in [2.45, 2.75) is 19.1 Å². The largest absolute Gasteiger partial charge is 0.486 e. The van der Waals surface area contributed by atoms with E-state index in [0.29, 0.717) is 5.56 Å². The monoisotopic (exact) mass is 333 g/mol. The van der Waals surface area contributed by atoms with Gasteiger partial charge in [-0.15, -0.1) is 0 Å². The van der Waals surface area contributed by atoms with Crippen LogP contribution in [0.15, 0.2) is 42.5 Å². The Hall–Kier alpha value is -2.47. The summed E-state index contributed by atoms with van der Waals surface area (Å²) in [5.41, 5.74) is 0.892. The van der Waals surface area contributed by atoms with E-state index >= 15 is 0 Å². The van der Waals surface area contributed by atoms with E-state index in [1.807, 2.05) is 6.07 Å². The Bertz CT molecular complexity index is 751. The Morgan fingerprint density at radius 2 is 1.96 bits per heavy atom. The maximum absolute atomic E-state index is 14.0. The van der Waals surface area contributed by atoms with E-state index in [9.17, 15) is 13.6 Å². The summed E-state index contributed by atoms with van der Waals surface area (Å²) in [4.78, 5) is 14.4. The van der Waals surface area contributed by atoms with Crippen LogP contribution in [0.4, 0.5) is 14.5 Å². The molecule has 0 saturated carbocycles. The Kier molecular flexibility index (Phi) is 4.49. The first kappa shape index (κ1) is 16.4. The average Bonchev–Trinajstić information content (AvgIpc) is 2.59. The van der Waals surface area contributed by atoms with Gasteiger partial charge in [0.15, 0.2) is 17.7 Å². The van der Waals surface area contributed by atoms with Gasteiger partial charge in [-0.25, -0.2) is 4.39 Å². The van der Waals surface area contributed by atoms with Crippen LogP contribution in [0.3, 0.4) is 0 Å². The number of hydrogen-bond donors (Lipinski definition) is 0. The molecule has 1 heterocycles. The molecule has 0 saturated heterocycles. The lowest BCUT2D eigenvalue weighted by molar-refractivity contribution is -0.129. The predicted octanol–water partition coefficient (Wildman–Crippen LogP) is 3.47.